The summed E-state index contributed by atoms with van der Waals surface area (Å²) >= 11 is 0. The monoisotopic (exact) mass is 566 g/mol. The van der Waals surface area contributed by atoms with Gasteiger partial charge in [-0.25, -0.2) is 26.7 Å². The van der Waals surface area contributed by atoms with Crippen molar-refractivity contribution >= 4 is 33.5 Å². The molecule has 16 heteroatoms. The molecule has 0 saturated carbocycles. The quantitative estimate of drug-likeness (QED) is 0.426. The molecule has 0 bridgehead atoms. The number of alkyl halides is 4. The highest BCUT2D eigenvalue weighted by Gasteiger charge is 2.46. The molecule has 0 fully saturated rings. The normalized spacial score (nSPS) is 16.1. The highest BCUT2D eigenvalue weighted by atomic mass is 32.2. The van der Waals surface area contributed by atoms with Crippen molar-refractivity contribution in [2.75, 3.05) is 16.2 Å². The van der Waals surface area contributed by atoms with E-state index in [2.05, 4.69) is 10.4 Å². The third-order valence-corrected chi connectivity index (χ3v) is 7.74. The average molecular weight is 567 g/mol. The number of nitrogens with zero attached hydrogens (tertiary/aromatic N) is 3. The van der Waals surface area contributed by atoms with Crippen LogP contribution in [-0.4, -0.2) is 59.5 Å². The third-order valence-electron chi connectivity index (χ3n) is 5.86. The van der Waals surface area contributed by atoms with Gasteiger partial charge in [-0.2, -0.15) is 13.9 Å². The number of halogens is 4. The molecular formula is C22H26F4N4O7S. The molecule has 1 amide bonds. The van der Waals surface area contributed by atoms with Gasteiger partial charge in [0, 0.05) is 19.0 Å². The number of hydrogen-bond donors (Lipinski definition) is 2. The number of nitrogens with one attached hydrogen (secondary N) is 1. The Labute approximate surface area is 215 Å². The molecule has 2 aromatic rings. The van der Waals surface area contributed by atoms with Gasteiger partial charge >= 0.3 is 18.6 Å². The van der Waals surface area contributed by atoms with E-state index in [0.717, 1.165) is 18.2 Å². The number of sulfonamides is 1. The summed E-state index contributed by atoms with van der Waals surface area (Å²) in [6, 6.07) is 3.75. The van der Waals surface area contributed by atoms with E-state index >= 15 is 0 Å². The van der Waals surface area contributed by atoms with E-state index in [-0.39, 0.29) is 46.9 Å². The highest BCUT2D eigenvalue weighted by Crippen LogP contribution is 2.40. The van der Waals surface area contributed by atoms with Gasteiger partial charge in [-0.1, -0.05) is 0 Å². The van der Waals surface area contributed by atoms with Crippen LogP contribution < -0.4 is 14.4 Å². The maximum absolute atomic E-state index is 13.7. The number of hydrogen-bond acceptors (Lipinski definition) is 7. The van der Waals surface area contributed by atoms with E-state index < -0.39 is 51.2 Å². The number of amides is 1. The molecule has 1 aliphatic heterocycles. The van der Waals surface area contributed by atoms with Gasteiger partial charge in [0.05, 0.1) is 24.1 Å². The lowest BCUT2D eigenvalue weighted by Crippen LogP contribution is -2.45. The van der Waals surface area contributed by atoms with Crippen LogP contribution in [0.15, 0.2) is 29.3 Å². The standard InChI is InChI=1S/C22H26F4N4O7S/c1-12-17(11-29(28-12)19(23)24)38(34,35)30-10-14(6-8-18(31)32)36-16-7-5-13(9-15(16)30)27-20(33)37-21(2,3)22(4,25)26/h5,7,9,11,14,19H,6,8,10H2,1-4H3,(H,27,33)(H,31,32). The summed E-state index contributed by atoms with van der Waals surface area (Å²) in [7, 11) is -4.54. The summed E-state index contributed by atoms with van der Waals surface area (Å²) in [6.45, 7) is 0.360. The summed E-state index contributed by atoms with van der Waals surface area (Å²) in [4.78, 5) is 22.8. The Morgan fingerprint density at radius 1 is 1.29 bits per heavy atom. The van der Waals surface area contributed by atoms with Gasteiger partial charge in [-0.15, -0.1) is 0 Å². The van der Waals surface area contributed by atoms with E-state index in [1.165, 1.54) is 25.1 Å². The number of fused-ring (bicyclic) bond motifs is 1. The van der Waals surface area contributed by atoms with Gasteiger partial charge < -0.3 is 14.6 Å². The molecule has 0 aliphatic carbocycles. The number of carboxylic acids is 1. The summed E-state index contributed by atoms with van der Waals surface area (Å²) in [6.07, 6.45) is -1.88. The van der Waals surface area contributed by atoms with E-state index in [9.17, 15) is 35.6 Å². The minimum atomic E-state index is -4.54. The molecule has 1 aliphatic rings. The second kappa shape index (κ2) is 10.3. The number of aromatic nitrogens is 2. The van der Waals surface area contributed by atoms with Crippen LogP contribution in [0.3, 0.4) is 0 Å². The minimum Gasteiger partial charge on any atom is -0.486 e. The maximum atomic E-state index is 13.7. The van der Waals surface area contributed by atoms with Crippen LogP contribution >= 0.6 is 0 Å². The number of ether oxygens (including phenoxy) is 2. The van der Waals surface area contributed by atoms with E-state index in [0.29, 0.717) is 13.1 Å². The molecule has 1 atom stereocenters. The molecule has 1 unspecified atom stereocenters. The topological polar surface area (TPSA) is 140 Å². The highest BCUT2D eigenvalue weighted by molar-refractivity contribution is 7.92. The van der Waals surface area contributed by atoms with Crippen molar-refractivity contribution in [3.63, 3.8) is 0 Å². The second-order valence-corrected chi connectivity index (χ2v) is 11.0. The van der Waals surface area contributed by atoms with Crippen LogP contribution in [0.1, 0.15) is 45.9 Å². The molecule has 2 N–H and O–H groups in total. The van der Waals surface area contributed by atoms with Gasteiger partial charge in [-0.05, 0) is 45.4 Å². The Balaban J connectivity index is 1.99. The molecular weight excluding hydrogens is 540 g/mol. The Morgan fingerprint density at radius 2 is 1.95 bits per heavy atom. The number of aliphatic carboxylic acids is 1. The smallest absolute Gasteiger partial charge is 0.412 e. The Hall–Kier alpha value is -3.56. The minimum absolute atomic E-state index is 0.00606. The average Bonchev–Trinajstić information content (AvgIpc) is 3.18. The number of anilines is 2. The summed E-state index contributed by atoms with van der Waals surface area (Å²) in [5.41, 5.74) is -2.53. The van der Waals surface area contributed by atoms with Crippen molar-refractivity contribution in [2.24, 2.45) is 0 Å². The first-order chi connectivity index (χ1) is 17.4. The fourth-order valence-electron chi connectivity index (χ4n) is 3.45. The molecule has 11 nitrogen and oxygen atoms in total. The van der Waals surface area contributed by atoms with Crippen LogP contribution in [0.2, 0.25) is 0 Å². The SMILES string of the molecule is Cc1nn(C(F)F)cc1S(=O)(=O)N1CC(CCC(=O)O)Oc2ccc(NC(=O)OC(C)(C)C(C)(F)F)cc21. The van der Waals surface area contributed by atoms with Gasteiger partial charge in [0.15, 0.2) is 5.60 Å². The van der Waals surface area contributed by atoms with Gasteiger partial charge in [0.2, 0.25) is 0 Å². The summed E-state index contributed by atoms with van der Waals surface area (Å²) < 4.78 is 92.5. The lowest BCUT2D eigenvalue weighted by Gasteiger charge is -2.35. The molecule has 0 radical (unpaired) electrons. The van der Waals surface area contributed by atoms with Crippen molar-refractivity contribution in [1.82, 2.24) is 9.78 Å². The van der Waals surface area contributed by atoms with Crippen molar-refractivity contribution in [2.45, 2.75) is 69.6 Å². The third kappa shape index (κ3) is 6.11. The fraction of sp³-hybridized carbons (Fsp3) is 0.500. The largest absolute Gasteiger partial charge is 0.486 e. The fourth-order valence-corrected chi connectivity index (χ4v) is 5.11. The number of aryl methyl sites for hydroxylation is 1. The number of rotatable bonds is 9. The van der Waals surface area contributed by atoms with E-state index in [1.807, 2.05) is 0 Å². The number of carbonyl (C=O) groups is 2. The summed E-state index contributed by atoms with van der Waals surface area (Å²) in [5.74, 6) is -4.51. The van der Waals surface area contributed by atoms with Crippen molar-refractivity contribution in [3.05, 3.63) is 30.1 Å². The van der Waals surface area contributed by atoms with Crippen LogP contribution in [0.5, 0.6) is 5.75 Å². The van der Waals surface area contributed by atoms with Crippen molar-refractivity contribution < 1.29 is 50.1 Å². The first kappa shape index (κ1) is 29.0. The lowest BCUT2D eigenvalue weighted by molar-refractivity contribution is -0.147. The van der Waals surface area contributed by atoms with E-state index in [4.69, 9.17) is 14.6 Å². The number of carboxylic acid groups (broad SMARTS) is 1. The molecule has 38 heavy (non-hydrogen) atoms. The molecule has 210 valence electrons. The van der Waals surface area contributed by atoms with Crippen molar-refractivity contribution in [1.29, 1.82) is 0 Å². The Morgan fingerprint density at radius 3 is 2.50 bits per heavy atom. The van der Waals surface area contributed by atoms with Gasteiger partial charge in [0.1, 0.15) is 16.7 Å². The first-order valence-electron chi connectivity index (χ1n) is 11.2. The number of benzene rings is 1. The van der Waals surface area contributed by atoms with Crippen LogP contribution in [0.25, 0.3) is 0 Å². The van der Waals surface area contributed by atoms with Crippen LogP contribution in [0, 0.1) is 6.92 Å². The lowest BCUT2D eigenvalue weighted by atomic mass is 10.0. The Bertz CT molecular complexity index is 1330. The molecule has 1 aromatic heterocycles. The van der Waals surface area contributed by atoms with Crippen molar-refractivity contribution in [3.8, 4) is 5.75 Å². The molecule has 3 rings (SSSR count). The predicted molar refractivity (Wildman–Crippen MR) is 125 cm³/mol. The Kier molecular flexibility index (Phi) is 7.86. The molecule has 1 aromatic carbocycles. The van der Waals surface area contributed by atoms with Crippen LogP contribution in [-0.2, 0) is 19.6 Å². The van der Waals surface area contributed by atoms with Gasteiger partial charge in [0.25, 0.3) is 15.9 Å². The summed E-state index contributed by atoms with van der Waals surface area (Å²) in [5, 5.41) is 14.8. The second-order valence-electron chi connectivity index (χ2n) is 9.14. The van der Waals surface area contributed by atoms with E-state index in [1.54, 1.807) is 0 Å². The predicted octanol–water partition coefficient (Wildman–Crippen LogP) is 4.39. The van der Waals surface area contributed by atoms with Crippen LogP contribution in [0.4, 0.5) is 33.7 Å². The zero-order valence-electron chi connectivity index (χ0n) is 20.7. The number of carbonyl (C=O) groups excluding carboxylic acids is 1. The first-order valence-corrected chi connectivity index (χ1v) is 12.6. The molecule has 2 heterocycles. The molecule has 0 spiro atoms. The van der Waals surface area contributed by atoms with Gasteiger partial charge in [-0.3, -0.25) is 14.4 Å². The zero-order valence-corrected chi connectivity index (χ0v) is 21.6. The molecule has 0 saturated heterocycles. The zero-order chi connectivity index (χ0) is 28.6. The maximum Gasteiger partial charge on any atom is 0.412 e.